The molecule has 3 rings (SSSR count). The van der Waals surface area contributed by atoms with Crippen molar-refractivity contribution in [3.63, 3.8) is 0 Å². The van der Waals surface area contributed by atoms with Crippen LogP contribution in [0.3, 0.4) is 0 Å². The van der Waals surface area contributed by atoms with Crippen molar-refractivity contribution in [3.8, 4) is 10.7 Å². The van der Waals surface area contributed by atoms with Gasteiger partial charge in [0.05, 0.1) is 10.1 Å². The Labute approximate surface area is 154 Å². The van der Waals surface area contributed by atoms with Crippen LogP contribution < -0.4 is 5.84 Å². The van der Waals surface area contributed by atoms with Gasteiger partial charge in [0.25, 0.3) is 0 Å². The maximum absolute atomic E-state index is 12.6. The first-order valence-corrected chi connectivity index (χ1v) is 9.52. The van der Waals surface area contributed by atoms with Crippen molar-refractivity contribution < 1.29 is 4.79 Å². The van der Waals surface area contributed by atoms with E-state index in [1.807, 2.05) is 54.8 Å². The summed E-state index contributed by atoms with van der Waals surface area (Å²) >= 11 is 2.86. The van der Waals surface area contributed by atoms with Crippen LogP contribution in [-0.2, 0) is 11.3 Å². The number of nitrogens with zero attached hydrogens (tertiary/aromatic N) is 4. The van der Waals surface area contributed by atoms with Gasteiger partial charge in [-0.2, -0.15) is 0 Å². The van der Waals surface area contributed by atoms with Crippen LogP contribution in [-0.4, -0.2) is 38.0 Å². The zero-order valence-corrected chi connectivity index (χ0v) is 15.6. The molecule has 3 aromatic rings. The fourth-order valence-corrected chi connectivity index (χ4v) is 3.98. The molecule has 1 aromatic carbocycles. The molecule has 0 bridgehead atoms. The largest absolute Gasteiger partial charge is 0.340 e. The average molecular weight is 374 g/mol. The Morgan fingerprint density at radius 1 is 1.28 bits per heavy atom. The summed E-state index contributed by atoms with van der Waals surface area (Å²) in [5.41, 5.74) is 1.09. The highest BCUT2D eigenvalue weighted by Crippen LogP contribution is 2.27. The normalized spacial score (nSPS) is 12.1. The van der Waals surface area contributed by atoms with Crippen LogP contribution in [0.1, 0.15) is 12.5 Å². The Morgan fingerprint density at radius 2 is 2.04 bits per heavy atom. The summed E-state index contributed by atoms with van der Waals surface area (Å²) in [5.74, 6) is 6.72. The molecule has 25 heavy (non-hydrogen) atoms. The lowest BCUT2D eigenvalue weighted by atomic mass is 10.2. The molecule has 0 aliphatic rings. The number of amides is 1. The van der Waals surface area contributed by atoms with E-state index in [9.17, 15) is 4.79 Å². The first kappa shape index (κ1) is 17.5. The Morgan fingerprint density at radius 3 is 2.72 bits per heavy atom. The molecule has 0 unspecified atom stereocenters. The Balaban J connectivity index is 1.65. The second-order valence-corrected chi connectivity index (χ2v) is 7.85. The summed E-state index contributed by atoms with van der Waals surface area (Å²) in [4.78, 5) is 15.3. The molecule has 1 atom stereocenters. The van der Waals surface area contributed by atoms with E-state index < -0.39 is 0 Å². The fourth-order valence-electron chi connectivity index (χ4n) is 2.39. The van der Waals surface area contributed by atoms with Gasteiger partial charge in [0.2, 0.25) is 11.1 Å². The number of carbonyl (C=O) groups is 1. The minimum atomic E-state index is -0.309. The topological polar surface area (TPSA) is 77.0 Å². The van der Waals surface area contributed by atoms with Crippen LogP contribution in [0.5, 0.6) is 0 Å². The van der Waals surface area contributed by atoms with Gasteiger partial charge in [-0.1, -0.05) is 48.2 Å². The van der Waals surface area contributed by atoms with Crippen molar-refractivity contribution >= 4 is 29.0 Å². The molecular weight excluding hydrogens is 354 g/mol. The van der Waals surface area contributed by atoms with Gasteiger partial charge in [-0.15, -0.1) is 21.5 Å². The van der Waals surface area contributed by atoms with Gasteiger partial charge in [0, 0.05) is 13.6 Å². The number of carbonyl (C=O) groups excluding carboxylic acids is 1. The van der Waals surface area contributed by atoms with Crippen molar-refractivity contribution in [2.24, 2.45) is 0 Å². The molecule has 2 heterocycles. The molecule has 130 valence electrons. The second kappa shape index (κ2) is 7.71. The van der Waals surface area contributed by atoms with Crippen LogP contribution in [0.4, 0.5) is 0 Å². The number of thioether (sulfide) groups is 1. The molecule has 0 aliphatic heterocycles. The molecule has 2 aromatic heterocycles. The SMILES string of the molecule is C[C@@H](Sc1nnc(-c2cccs2)n1N)C(=O)N(C)Cc1ccccc1. The number of thiophene rings is 1. The molecular formula is C17H19N5OS2. The van der Waals surface area contributed by atoms with Crippen LogP contribution in [0, 0.1) is 0 Å². The van der Waals surface area contributed by atoms with E-state index in [0.717, 1.165) is 10.4 Å². The van der Waals surface area contributed by atoms with Crippen LogP contribution in [0.25, 0.3) is 10.7 Å². The third-order valence-electron chi connectivity index (χ3n) is 3.67. The molecule has 6 nitrogen and oxygen atoms in total. The number of hydrogen-bond acceptors (Lipinski definition) is 6. The monoisotopic (exact) mass is 373 g/mol. The van der Waals surface area contributed by atoms with Crippen molar-refractivity contribution in [2.75, 3.05) is 12.9 Å². The van der Waals surface area contributed by atoms with Gasteiger partial charge in [-0.05, 0) is 23.9 Å². The molecule has 0 saturated carbocycles. The highest BCUT2D eigenvalue weighted by atomic mass is 32.2. The van der Waals surface area contributed by atoms with Crippen LogP contribution in [0.2, 0.25) is 0 Å². The summed E-state index contributed by atoms with van der Waals surface area (Å²) in [5, 5.41) is 10.4. The van der Waals surface area contributed by atoms with E-state index in [-0.39, 0.29) is 11.2 Å². The van der Waals surface area contributed by atoms with Gasteiger partial charge in [0.15, 0.2) is 5.82 Å². The Kier molecular flexibility index (Phi) is 5.40. The molecule has 8 heteroatoms. The summed E-state index contributed by atoms with van der Waals surface area (Å²) in [6, 6.07) is 13.8. The quantitative estimate of drug-likeness (QED) is 0.531. The van der Waals surface area contributed by atoms with E-state index in [2.05, 4.69) is 10.2 Å². The number of hydrogen-bond donors (Lipinski definition) is 1. The van der Waals surface area contributed by atoms with Gasteiger partial charge in [-0.25, -0.2) is 4.68 Å². The number of benzene rings is 1. The standard InChI is InChI=1S/C17H19N5OS2/c1-12(16(23)21(2)11-13-7-4-3-5-8-13)25-17-20-19-15(22(17)18)14-9-6-10-24-14/h3-10,12H,11,18H2,1-2H3/t12-/m1/s1. The van der Waals surface area contributed by atoms with Crippen LogP contribution >= 0.6 is 23.1 Å². The lowest BCUT2D eigenvalue weighted by Gasteiger charge is -2.20. The minimum Gasteiger partial charge on any atom is -0.340 e. The number of rotatable bonds is 6. The summed E-state index contributed by atoms with van der Waals surface area (Å²) in [6.45, 7) is 2.42. The smallest absolute Gasteiger partial charge is 0.235 e. The van der Waals surface area contributed by atoms with E-state index in [1.54, 1.807) is 23.3 Å². The highest BCUT2D eigenvalue weighted by Gasteiger charge is 2.22. The van der Waals surface area contributed by atoms with Crippen molar-refractivity contribution in [1.82, 2.24) is 19.8 Å². The maximum atomic E-state index is 12.6. The molecule has 2 N–H and O–H groups in total. The molecule has 0 fully saturated rings. The molecule has 0 saturated heterocycles. The van der Waals surface area contributed by atoms with E-state index in [4.69, 9.17) is 5.84 Å². The van der Waals surface area contributed by atoms with Crippen molar-refractivity contribution in [1.29, 1.82) is 0 Å². The molecule has 0 aliphatic carbocycles. The third kappa shape index (κ3) is 4.02. The number of nitrogen functional groups attached to an aromatic ring is 1. The lowest BCUT2D eigenvalue weighted by Crippen LogP contribution is -2.33. The number of aromatic nitrogens is 3. The number of nitrogens with two attached hydrogens (primary N) is 1. The predicted molar refractivity (Wildman–Crippen MR) is 102 cm³/mol. The van der Waals surface area contributed by atoms with E-state index in [0.29, 0.717) is 17.5 Å². The Bertz CT molecular complexity index is 832. The van der Waals surface area contributed by atoms with Crippen LogP contribution in [0.15, 0.2) is 53.0 Å². The second-order valence-electron chi connectivity index (χ2n) is 5.59. The van der Waals surface area contributed by atoms with Gasteiger partial charge >= 0.3 is 0 Å². The Hall–Kier alpha value is -2.32. The minimum absolute atomic E-state index is 0.0227. The molecule has 0 spiro atoms. The first-order valence-electron chi connectivity index (χ1n) is 7.76. The van der Waals surface area contributed by atoms with E-state index in [1.165, 1.54) is 16.4 Å². The van der Waals surface area contributed by atoms with Gasteiger partial charge in [0.1, 0.15) is 0 Å². The van der Waals surface area contributed by atoms with E-state index >= 15 is 0 Å². The maximum Gasteiger partial charge on any atom is 0.235 e. The zero-order valence-electron chi connectivity index (χ0n) is 14.0. The van der Waals surface area contributed by atoms with Gasteiger partial charge < -0.3 is 10.7 Å². The van der Waals surface area contributed by atoms with Gasteiger partial charge in [-0.3, -0.25) is 4.79 Å². The highest BCUT2D eigenvalue weighted by molar-refractivity contribution is 8.00. The average Bonchev–Trinajstić information content (AvgIpc) is 3.25. The molecule has 0 radical (unpaired) electrons. The molecule has 1 amide bonds. The van der Waals surface area contributed by atoms with Crippen molar-refractivity contribution in [2.45, 2.75) is 23.9 Å². The zero-order chi connectivity index (χ0) is 17.8. The summed E-state index contributed by atoms with van der Waals surface area (Å²) in [6.07, 6.45) is 0. The third-order valence-corrected chi connectivity index (χ3v) is 5.59. The first-order chi connectivity index (χ1) is 12.1. The predicted octanol–water partition coefficient (Wildman–Crippen LogP) is 2.86. The fraction of sp³-hybridized carbons (Fsp3) is 0.235. The van der Waals surface area contributed by atoms with Crippen molar-refractivity contribution in [3.05, 3.63) is 53.4 Å². The summed E-state index contributed by atoms with van der Waals surface area (Å²) in [7, 11) is 1.80. The summed E-state index contributed by atoms with van der Waals surface area (Å²) < 4.78 is 1.44. The lowest BCUT2D eigenvalue weighted by molar-refractivity contribution is -0.129.